The highest BCUT2D eigenvalue weighted by molar-refractivity contribution is 5.40. The summed E-state index contributed by atoms with van der Waals surface area (Å²) in [5.74, 6) is 5.47. The van der Waals surface area contributed by atoms with Gasteiger partial charge in [-0.25, -0.2) is 9.37 Å². The molecule has 21 heavy (non-hydrogen) atoms. The lowest BCUT2D eigenvalue weighted by molar-refractivity contribution is 0.292. The van der Waals surface area contributed by atoms with Crippen LogP contribution >= 0.6 is 0 Å². The van der Waals surface area contributed by atoms with Crippen LogP contribution in [0.25, 0.3) is 0 Å². The standard InChI is InChI=1S/C16H14FNO3/c1-20-16-13(5-2-6-18-16)11-21-15-9-12(4-3-7-19)8-14(17)10-15/h2,5-6,8-10,19H,7,11H2,1H3. The first-order chi connectivity index (χ1) is 10.2. The van der Waals surface area contributed by atoms with Crippen LogP contribution in [0.1, 0.15) is 11.1 Å². The normalized spacial score (nSPS) is 9.67. The lowest BCUT2D eigenvalue weighted by atomic mass is 10.2. The number of halogens is 1. The Morgan fingerprint density at radius 2 is 2.19 bits per heavy atom. The van der Waals surface area contributed by atoms with E-state index < -0.39 is 5.82 Å². The van der Waals surface area contributed by atoms with E-state index in [1.165, 1.54) is 19.2 Å². The summed E-state index contributed by atoms with van der Waals surface area (Å²) in [4.78, 5) is 4.06. The van der Waals surface area contributed by atoms with Gasteiger partial charge in [-0.3, -0.25) is 0 Å². The first kappa shape index (κ1) is 14.8. The molecule has 108 valence electrons. The molecule has 5 heteroatoms. The Balaban J connectivity index is 2.14. The number of hydrogen-bond donors (Lipinski definition) is 1. The number of aromatic nitrogens is 1. The van der Waals surface area contributed by atoms with Crippen LogP contribution in [0.2, 0.25) is 0 Å². The zero-order valence-electron chi connectivity index (χ0n) is 11.5. The molecule has 1 aromatic carbocycles. The molecule has 1 N–H and O–H groups in total. The van der Waals surface area contributed by atoms with Crippen molar-refractivity contribution in [2.24, 2.45) is 0 Å². The lowest BCUT2D eigenvalue weighted by Crippen LogP contribution is -2.00. The molecule has 0 aliphatic heterocycles. The quantitative estimate of drug-likeness (QED) is 0.875. The van der Waals surface area contributed by atoms with Crippen molar-refractivity contribution in [3.05, 3.63) is 53.5 Å². The summed E-state index contributed by atoms with van der Waals surface area (Å²) < 4.78 is 24.1. The zero-order valence-corrected chi connectivity index (χ0v) is 11.5. The smallest absolute Gasteiger partial charge is 0.219 e. The second-order valence-electron chi connectivity index (χ2n) is 4.10. The third-order valence-corrected chi connectivity index (χ3v) is 2.62. The number of ether oxygens (including phenoxy) is 2. The average Bonchev–Trinajstić information content (AvgIpc) is 2.50. The molecule has 0 bridgehead atoms. The molecule has 0 amide bonds. The van der Waals surface area contributed by atoms with Crippen LogP contribution in [0.4, 0.5) is 4.39 Å². The molecular formula is C16H14FNO3. The highest BCUT2D eigenvalue weighted by Gasteiger charge is 2.05. The van der Waals surface area contributed by atoms with Gasteiger partial charge in [-0.15, -0.1) is 0 Å². The minimum atomic E-state index is -0.451. The SMILES string of the molecule is COc1ncccc1COc1cc(F)cc(C#CCO)c1. The third-order valence-electron chi connectivity index (χ3n) is 2.62. The fraction of sp³-hybridized carbons (Fsp3) is 0.188. The Hall–Kier alpha value is -2.58. The van der Waals surface area contributed by atoms with E-state index in [1.54, 1.807) is 18.3 Å². The van der Waals surface area contributed by atoms with Gasteiger partial charge in [-0.2, -0.15) is 0 Å². The van der Waals surface area contributed by atoms with Crippen molar-refractivity contribution in [3.8, 4) is 23.5 Å². The van der Waals surface area contributed by atoms with E-state index in [-0.39, 0.29) is 13.2 Å². The maximum absolute atomic E-state index is 13.5. The van der Waals surface area contributed by atoms with Gasteiger partial charge in [0.2, 0.25) is 5.88 Å². The molecule has 4 nitrogen and oxygen atoms in total. The predicted molar refractivity (Wildman–Crippen MR) is 75.5 cm³/mol. The summed E-state index contributed by atoms with van der Waals surface area (Å²) in [5.41, 5.74) is 1.20. The van der Waals surface area contributed by atoms with Crippen LogP contribution in [-0.2, 0) is 6.61 Å². The van der Waals surface area contributed by atoms with Gasteiger partial charge < -0.3 is 14.6 Å². The molecule has 0 saturated carbocycles. The van der Waals surface area contributed by atoms with Crippen molar-refractivity contribution in [1.29, 1.82) is 0 Å². The van der Waals surface area contributed by atoms with Gasteiger partial charge in [0, 0.05) is 17.8 Å². The molecule has 0 unspecified atom stereocenters. The Morgan fingerprint density at radius 1 is 1.33 bits per heavy atom. The Labute approximate surface area is 122 Å². The number of methoxy groups -OCH3 is 1. The Bertz CT molecular complexity index is 677. The molecule has 0 spiro atoms. The van der Waals surface area contributed by atoms with Gasteiger partial charge in [0.1, 0.15) is 24.8 Å². The van der Waals surface area contributed by atoms with Crippen molar-refractivity contribution < 1.29 is 19.0 Å². The molecule has 0 saturated heterocycles. The van der Waals surface area contributed by atoms with E-state index in [9.17, 15) is 4.39 Å². The number of benzene rings is 1. The van der Waals surface area contributed by atoms with E-state index in [0.29, 0.717) is 17.2 Å². The topological polar surface area (TPSA) is 51.6 Å². The molecule has 2 rings (SSSR count). The summed E-state index contributed by atoms with van der Waals surface area (Å²) in [6.45, 7) is -0.0765. The van der Waals surface area contributed by atoms with Crippen LogP contribution in [0.3, 0.4) is 0 Å². The van der Waals surface area contributed by atoms with Crippen LogP contribution in [0, 0.1) is 17.7 Å². The van der Waals surface area contributed by atoms with Crippen LogP contribution < -0.4 is 9.47 Å². The van der Waals surface area contributed by atoms with Crippen molar-refractivity contribution in [3.63, 3.8) is 0 Å². The average molecular weight is 287 g/mol. The van der Waals surface area contributed by atoms with Crippen molar-refractivity contribution in [2.45, 2.75) is 6.61 Å². The number of aliphatic hydroxyl groups is 1. The molecule has 1 heterocycles. The van der Waals surface area contributed by atoms with Crippen LogP contribution in [-0.4, -0.2) is 23.8 Å². The highest BCUT2D eigenvalue weighted by atomic mass is 19.1. The Kier molecular flexibility index (Phi) is 5.13. The maximum Gasteiger partial charge on any atom is 0.219 e. The lowest BCUT2D eigenvalue weighted by Gasteiger charge is -2.09. The summed E-state index contributed by atoms with van der Waals surface area (Å²) in [6.07, 6.45) is 1.62. The van der Waals surface area contributed by atoms with E-state index in [1.807, 2.05) is 6.07 Å². The molecule has 2 aromatic rings. The maximum atomic E-state index is 13.5. The summed E-state index contributed by atoms with van der Waals surface area (Å²) >= 11 is 0. The van der Waals surface area contributed by atoms with Crippen LogP contribution in [0.5, 0.6) is 11.6 Å². The summed E-state index contributed by atoms with van der Waals surface area (Å²) in [5, 5.41) is 8.66. The molecule has 0 fully saturated rings. The molecule has 0 radical (unpaired) electrons. The molecule has 0 atom stereocenters. The van der Waals surface area contributed by atoms with Gasteiger partial charge >= 0.3 is 0 Å². The van der Waals surface area contributed by atoms with Gasteiger partial charge in [0.15, 0.2) is 0 Å². The third kappa shape index (κ3) is 4.20. The highest BCUT2D eigenvalue weighted by Crippen LogP contribution is 2.20. The van der Waals surface area contributed by atoms with E-state index >= 15 is 0 Å². The van der Waals surface area contributed by atoms with E-state index in [2.05, 4.69) is 16.8 Å². The minimum absolute atomic E-state index is 0.202. The second-order valence-corrected chi connectivity index (χ2v) is 4.10. The second kappa shape index (κ2) is 7.27. The van der Waals surface area contributed by atoms with Gasteiger partial charge in [0.05, 0.1) is 12.7 Å². The van der Waals surface area contributed by atoms with Gasteiger partial charge in [-0.05, 0) is 24.3 Å². The molecule has 1 aromatic heterocycles. The number of hydrogen-bond acceptors (Lipinski definition) is 4. The van der Waals surface area contributed by atoms with Crippen molar-refractivity contribution in [2.75, 3.05) is 13.7 Å². The van der Waals surface area contributed by atoms with Crippen LogP contribution in [0.15, 0.2) is 36.5 Å². The first-order valence-corrected chi connectivity index (χ1v) is 6.24. The monoisotopic (exact) mass is 287 g/mol. The van der Waals surface area contributed by atoms with Gasteiger partial charge in [-0.1, -0.05) is 11.8 Å². The summed E-state index contributed by atoms with van der Waals surface area (Å²) in [7, 11) is 1.52. The van der Waals surface area contributed by atoms with E-state index in [0.717, 1.165) is 5.56 Å². The fourth-order valence-corrected chi connectivity index (χ4v) is 1.74. The number of nitrogens with zero attached hydrogens (tertiary/aromatic N) is 1. The fourth-order valence-electron chi connectivity index (χ4n) is 1.74. The zero-order chi connectivity index (χ0) is 15.1. The number of pyridine rings is 1. The molecule has 0 aliphatic carbocycles. The largest absolute Gasteiger partial charge is 0.489 e. The first-order valence-electron chi connectivity index (χ1n) is 6.24. The minimum Gasteiger partial charge on any atom is -0.489 e. The summed E-state index contributed by atoms with van der Waals surface area (Å²) in [6, 6.07) is 7.74. The Morgan fingerprint density at radius 3 is 2.95 bits per heavy atom. The van der Waals surface area contributed by atoms with Crippen molar-refractivity contribution in [1.82, 2.24) is 4.98 Å². The number of rotatable bonds is 4. The van der Waals surface area contributed by atoms with E-state index in [4.69, 9.17) is 14.6 Å². The molecular weight excluding hydrogens is 273 g/mol. The van der Waals surface area contributed by atoms with Gasteiger partial charge in [0.25, 0.3) is 0 Å². The number of aliphatic hydroxyl groups excluding tert-OH is 1. The predicted octanol–water partition coefficient (Wildman–Crippen LogP) is 2.15. The molecule has 0 aliphatic rings. The van der Waals surface area contributed by atoms with Crippen molar-refractivity contribution >= 4 is 0 Å².